The van der Waals surface area contributed by atoms with Gasteiger partial charge in [0.2, 0.25) is 0 Å². The van der Waals surface area contributed by atoms with E-state index in [2.05, 4.69) is 13.8 Å². The summed E-state index contributed by atoms with van der Waals surface area (Å²) in [6, 6.07) is 0. The van der Waals surface area contributed by atoms with Crippen molar-refractivity contribution in [3.63, 3.8) is 0 Å². The molecule has 2 N–H and O–H groups in total. The van der Waals surface area contributed by atoms with Crippen LogP contribution in [-0.4, -0.2) is 16.4 Å². The Kier molecular flexibility index (Phi) is 3.72. The van der Waals surface area contributed by atoms with Crippen molar-refractivity contribution in [2.45, 2.75) is 84.2 Å². The van der Waals surface area contributed by atoms with Gasteiger partial charge in [0, 0.05) is 11.6 Å². The first-order valence-electron chi connectivity index (χ1n) is 10.1. The molecule has 4 saturated carbocycles. The summed E-state index contributed by atoms with van der Waals surface area (Å²) in [6.07, 6.45) is 11.4. The summed E-state index contributed by atoms with van der Waals surface area (Å²) in [5.74, 6) is 4.94. The lowest BCUT2D eigenvalue weighted by Crippen LogP contribution is -2.50. The summed E-state index contributed by atoms with van der Waals surface area (Å²) in [5, 5.41) is 18.7. The van der Waals surface area contributed by atoms with Crippen molar-refractivity contribution < 1.29 is 5.11 Å². The van der Waals surface area contributed by atoms with Gasteiger partial charge in [0.15, 0.2) is 0 Å². The Morgan fingerprint density at radius 2 is 1.65 bits per heavy atom. The Morgan fingerprint density at radius 1 is 0.913 bits per heavy atom. The molecule has 0 aromatic carbocycles. The number of aliphatic hydroxyl groups is 1. The lowest BCUT2D eigenvalue weighted by Gasteiger charge is -2.57. The summed E-state index contributed by atoms with van der Waals surface area (Å²) in [6.45, 7) is 6.62. The number of fused-ring (bicyclic) bond motifs is 5. The van der Waals surface area contributed by atoms with Crippen LogP contribution in [0.4, 0.5) is 0 Å². The van der Waals surface area contributed by atoms with Crippen LogP contribution in [0.2, 0.25) is 0 Å². The summed E-state index contributed by atoms with van der Waals surface area (Å²) < 4.78 is 0. The SMILES string of the molecule is CC(=N)C1CCC2C3CCC4C[C@](C)(O)CCC4C3CCC12C. The molecular weight excluding hydrogens is 282 g/mol. The number of hydrogen-bond acceptors (Lipinski definition) is 2. The fourth-order valence-corrected chi connectivity index (χ4v) is 7.79. The van der Waals surface area contributed by atoms with Crippen LogP contribution < -0.4 is 0 Å². The maximum Gasteiger partial charge on any atom is 0.0622 e. The highest BCUT2D eigenvalue weighted by molar-refractivity contribution is 5.82. The van der Waals surface area contributed by atoms with Crippen molar-refractivity contribution >= 4 is 5.71 Å². The molecule has 7 unspecified atom stereocenters. The molecular formula is C21H35NO. The maximum absolute atomic E-state index is 10.5. The summed E-state index contributed by atoms with van der Waals surface area (Å²) in [5.41, 5.74) is 0.961. The minimum absolute atomic E-state index is 0.396. The highest BCUT2D eigenvalue weighted by Crippen LogP contribution is 2.64. The maximum atomic E-state index is 10.5. The van der Waals surface area contributed by atoms with E-state index in [1.165, 1.54) is 44.9 Å². The van der Waals surface area contributed by atoms with Crippen molar-refractivity contribution in [1.29, 1.82) is 5.41 Å². The van der Waals surface area contributed by atoms with Gasteiger partial charge in [-0.25, -0.2) is 0 Å². The van der Waals surface area contributed by atoms with Crippen LogP contribution in [0.1, 0.15) is 78.6 Å². The molecule has 0 saturated heterocycles. The molecule has 8 atom stereocenters. The van der Waals surface area contributed by atoms with Crippen molar-refractivity contribution in [3.8, 4) is 0 Å². The average Bonchev–Trinajstić information content (AvgIpc) is 2.83. The van der Waals surface area contributed by atoms with Crippen LogP contribution in [0.25, 0.3) is 0 Å². The number of hydrogen-bond donors (Lipinski definition) is 2. The van der Waals surface area contributed by atoms with Crippen molar-refractivity contribution in [2.24, 2.45) is 40.9 Å². The lowest BCUT2D eigenvalue weighted by atomic mass is 9.49. The van der Waals surface area contributed by atoms with Crippen molar-refractivity contribution in [1.82, 2.24) is 0 Å². The van der Waals surface area contributed by atoms with Gasteiger partial charge in [-0.3, -0.25) is 0 Å². The molecule has 0 spiro atoms. The van der Waals surface area contributed by atoms with E-state index >= 15 is 0 Å². The van der Waals surface area contributed by atoms with Crippen LogP contribution in [0, 0.1) is 46.3 Å². The lowest BCUT2D eigenvalue weighted by molar-refractivity contribution is -0.0965. The first-order valence-corrected chi connectivity index (χ1v) is 10.1. The van der Waals surface area contributed by atoms with Gasteiger partial charge in [0.25, 0.3) is 0 Å². The minimum Gasteiger partial charge on any atom is -0.390 e. The first kappa shape index (κ1) is 16.1. The average molecular weight is 318 g/mol. The fraction of sp³-hybridized carbons (Fsp3) is 0.952. The standard InChI is InChI=1S/C21H35NO/c1-13(22)18-6-7-19-17-5-4-14-12-20(2,23)10-8-15(14)16(17)9-11-21(18,19)3/h14-19,22-23H,4-12H2,1-3H3/t14?,15?,16?,17?,18?,19?,20-,21?/m1/s1. The van der Waals surface area contributed by atoms with E-state index in [9.17, 15) is 5.11 Å². The molecule has 130 valence electrons. The van der Waals surface area contributed by atoms with Crippen LogP contribution in [0.3, 0.4) is 0 Å². The quantitative estimate of drug-likeness (QED) is 0.653. The molecule has 23 heavy (non-hydrogen) atoms. The third-order valence-corrected chi connectivity index (χ3v) is 8.76. The smallest absolute Gasteiger partial charge is 0.0622 e. The second-order valence-electron chi connectivity index (χ2n) is 10.0. The van der Waals surface area contributed by atoms with Crippen LogP contribution in [0.5, 0.6) is 0 Å². The van der Waals surface area contributed by atoms with E-state index in [1.807, 2.05) is 6.92 Å². The van der Waals surface area contributed by atoms with Crippen LogP contribution in [-0.2, 0) is 0 Å². The second-order valence-corrected chi connectivity index (χ2v) is 10.0. The predicted molar refractivity (Wildman–Crippen MR) is 94.6 cm³/mol. The molecule has 0 heterocycles. The number of rotatable bonds is 1. The van der Waals surface area contributed by atoms with Gasteiger partial charge in [-0.1, -0.05) is 6.92 Å². The molecule has 0 aromatic heterocycles. The molecule has 4 aliphatic rings. The van der Waals surface area contributed by atoms with Crippen molar-refractivity contribution in [2.75, 3.05) is 0 Å². The van der Waals surface area contributed by atoms with Crippen molar-refractivity contribution in [3.05, 3.63) is 0 Å². The van der Waals surface area contributed by atoms with Gasteiger partial charge in [0.05, 0.1) is 5.60 Å². The van der Waals surface area contributed by atoms with E-state index in [0.29, 0.717) is 11.3 Å². The van der Waals surface area contributed by atoms with E-state index in [4.69, 9.17) is 5.41 Å². The van der Waals surface area contributed by atoms with Gasteiger partial charge in [-0.05, 0) is 107 Å². The Morgan fingerprint density at radius 3 is 2.39 bits per heavy atom. The monoisotopic (exact) mass is 317 g/mol. The van der Waals surface area contributed by atoms with Crippen LogP contribution in [0.15, 0.2) is 0 Å². The largest absolute Gasteiger partial charge is 0.390 e. The molecule has 4 rings (SSSR count). The van der Waals surface area contributed by atoms with Gasteiger partial charge >= 0.3 is 0 Å². The molecule has 0 bridgehead atoms. The van der Waals surface area contributed by atoms with E-state index in [0.717, 1.165) is 48.1 Å². The van der Waals surface area contributed by atoms with Crippen LogP contribution >= 0.6 is 0 Å². The highest BCUT2D eigenvalue weighted by Gasteiger charge is 2.57. The second kappa shape index (κ2) is 5.31. The third-order valence-electron chi connectivity index (χ3n) is 8.76. The molecule has 4 fully saturated rings. The molecule has 0 amide bonds. The molecule has 0 aromatic rings. The zero-order chi connectivity index (χ0) is 16.4. The fourth-order valence-electron chi connectivity index (χ4n) is 7.79. The number of nitrogens with one attached hydrogen (secondary N) is 1. The molecule has 0 aliphatic heterocycles. The van der Waals surface area contributed by atoms with Gasteiger partial charge < -0.3 is 10.5 Å². The summed E-state index contributed by atoms with van der Waals surface area (Å²) in [7, 11) is 0. The highest BCUT2D eigenvalue weighted by atomic mass is 16.3. The van der Waals surface area contributed by atoms with E-state index in [1.54, 1.807) is 0 Å². The Hall–Kier alpha value is -0.370. The Bertz CT molecular complexity index is 498. The first-order chi connectivity index (χ1) is 10.8. The predicted octanol–water partition coefficient (Wildman–Crippen LogP) is 5.05. The normalized spacial score (nSPS) is 55.7. The Balaban J connectivity index is 1.56. The topological polar surface area (TPSA) is 44.1 Å². The molecule has 0 radical (unpaired) electrons. The minimum atomic E-state index is -0.396. The van der Waals surface area contributed by atoms with E-state index < -0.39 is 5.60 Å². The third kappa shape index (κ3) is 2.42. The summed E-state index contributed by atoms with van der Waals surface area (Å²) >= 11 is 0. The summed E-state index contributed by atoms with van der Waals surface area (Å²) in [4.78, 5) is 0. The molecule has 4 aliphatic carbocycles. The van der Waals surface area contributed by atoms with E-state index in [-0.39, 0.29) is 0 Å². The van der Waals surface area contributed by atoms with Gasteiger partial charge in [0.1, 0.15) is 0 Å². The zero-order valence-electron chi connectivity index (χ0n) is 15.3. The zero-order valence-corrected chi connectivity index (χ0v) is 15.3. The van der Waals surface area contributed by atoms with Gasteiger partial charge in [-0.2, -0.15) is 0 Å². The molecule has 2 heteroatoms. The molecule has 2 nitrogen and oxygen atoms in total. The Labute approximate surface area is 141 Å². The van der Waals surface area contributed by atoms with Gasteiger partial charge in [-0.15, -0.1) is 0 Å².